The van der Waals surface area contributed by atoms with E-state index in [1.807, 2.05) is 0 Å². The number of methoxy groups -OCH3 is 1. The van der Waals surface area contributed by atoms with Crippen molar-refractivity contribution in [3.8, 4) is 0 Å². The fraction of sp³-hybridized carbons (Fsp3) is 0.688. The summed E-state index contributed by atoms with van der Waals surface area (Å²) in [7, 11) is 1.67. The minimum absolute atomic E-state index is 0.0186. The van der Waals surface area contributed by atoms with Crippen molar-refractivity contribution in [3.05, 3.63) is 23.8 Å². The van der Waals surface area contributed by atoms with Gasteiger partial charge in [0.15, 0.2) is 5.69 Å². The Bertz CT molecular complexity index is 500. The molecule has 2 aliphatic carbocycles. The van der Waals surface area contributed by atoms with Crippen LogP contribution >= 0.6 is 0 Å². The maximum atomic E-state index is 12.3. The van der Waals surface area contributed by atoms with E-state index in [1.165, 1.54) is 12.8 Å². The van der Waals surface area contributed by atoms with Gasteiger partial charge in [-0.1, -0.05) is 12.8 Å². The van der Waals surface area contributed by atoms with E-state index >= 15 is 0 Å². The van der Waals surface area contributed by atoms with Crippen molar-refractivity contribution in [2.45, 2.75) is 63.1 Å². The molecule has 21 heavy (non-hydrogen) atoms. The summed E-state index contributed by atoms with van der Waals surface area (Å²) in [4.78, 5) is 21.0. The molecule has 5 nitrogen and oxygen atoms in total. The Morgan fingerprint density at radius 2 is 1.90 bits per heavy atom. The van der Waals surface area contributed by atoms with Crippen molar-refractivity contribution in [2.24, 2.45) is 0 Å². The number of ether oxygens (including phenoxy) is 2. The van der Waals surface area contributed by atoms with Crippen molar-refractivity contribution in [1.82, 2.24) is 9.97 Å². The van der Waals surface area contributed by atoms with Crippen LogP contribution < -0.4 is 0 Å². The number of carbonyl (C=O) groups is 1. The van der Waals surface area contributed by atoms with Gasteiger partial charge in [0.25, 0.3) is 0 Å². The zero-order valence-corrected chi connectivity index (χ0v) is 12.5. The minimum atomic E-state index is -0.356. The third kappa shape index (κ3) is 3.23. The average Bonchev–Trinajstić information content (AvgIpc) is 3.18. The van der Waals surface area contributed by atoms with Gasteiger partial charge in [-0.25, -0.2) is 14.8 Å². The van der Waals surface area contributed by atoms with E-state index in [0.29, 0.717) is 11.6 Å². The second kappa shape index (κ2) is 6.52. The number of rotatable bonds is 4. The summed E-state index contributed by atoms with van der Waals surface area (Å²) in [6, 6.07) is 1.64. The van der Waals surface area contributed by atoms with Crippen LogP contribution in [0.3, 0.4) is 0 Å². The maximum absolute atomic E-state index is 12.3. The number of nitrogens with zero attached hydrogens (tertiary/aromatic N) is 2. The van der Waals surface area contributed by atoms with Gasteiger partial charge in [-0.05, 0) is 38.2 Å². The predicted octanol–water partition coefficient (Wildman–Crippen LogP) is 2.86. The number of aromatic nitrogens is 2. The molecule has 0 N–H and O–H groups in total. The molecule has 114 valence electrons. The Balaban J connectivity index is 1.68. The molecule has 0 spiro atoms. The van der Waals surface area contributed by atoms with Gasteiger partial charge in [-0.2, -0.15) is 0 Å². The Morgan fingerprint density at radius 1 is 1.14 bits per heavy atom. The van der Waals surface area contributed by atoms with Crippen molar-refractivity contribution in [1.29, 1.82) is 0 Å². The molecule has 1 heterocycles. The summed E-state index contributed by atoms with van der Waals surface area (Å²) >= 11 is 0. The molecule has 0 aromatic carbocycles. The van der Waals surface area contributed by atoms with E-state index in [9.17, 15) is 4.79 Å². The number of hydrogen-bond acceptors (Lipinski definition) is 5. The van der Waals surface area contributed by atoms with E-state index in [1.54, 1.807) is 19.4 Å². The highest BCUT2D eigenvalue weighted by Crippen LogP contribution is 2.32. The smallest absolute Gasteiger partial charge is 0.357 e. The van der Waals surface area contributed by atoms with Crippen molar-refractivity contribution < 1.29 is 14.3 Å². The van der Waals surface area contributed by atoms with Gasteiger partial charge < -0.3 is 9.47 Å². The maximum Gasteiger partial charge on any atom is 0.357 e. The lowest BCUT2D eigenvalue weighted by Gasteiger charge is -2.18. The quantitative estimate of drug-likeness (QED) is 0.798. The van der Waals surface area contributed by atoms with Crippen LogP contribution in [0.5, 0.6) is 0 Å². The molecule has 0 aliphatic heterocycles. The fourth-order valence-electron chi connectivity index (χ4n) is 3.36. The monoisotopic (exact) mass is 290 g/mol. The highest BCUT2D eigenvalue weighted by atomic mass is 16.6. The Labute approximate surface area is 125 Å². The second-order valence-electron chi connectivity index (χ2n) is 5.93. The lowest BCUT2D eigenvalue weighted by Crippen LogP contribution is -2.28. The highest BCUT2D eigenvalue weighted by molar-refractivity contribution is 5.87. The summed E-state index contributed by atoms with van der Waals surface area (Å²) in [5, 5.41) is 0. The first kappa shape index (κ1) is 14.4. The molecule has 2 unspecified atom stereocenters. The van der Waals surface area contributed by atoms with Gasteiger partial charge in [0, 0.05) is 19.2 Å². The van der Waals surface area contributed by atoms with Crippen LogP contribution in [0, 0.1) is 0 Å². The Kier molecular flexibility index (Phi) is 4.48. The van der Waals surface area contributed by atoms with Crippen LogP contribution in [0.2, 0.25) is 0 Å². The van der Waals surface area contributed by atoms with Gasteiger partial charge in [-0.15, -0.1) is 0 Å². The molecule has 2 aliphatic rings. The van der Waals surface area contributed by atoms with E-state index in [-0.39, 0.29) is 18.2 Å². The molecule has 0 bridgehead atoms. The lowest BCUT2D eigenvalue weighted by molar-refractivity contribution is -0.0211. The minimum Gasteiger partial charge on any atom is -0.455 e. The summed E-state index contributed by atoms with van der Waals surface area (Å²) < 4.78 is 10.9. The number of hydrogen-bond donors (Lipinski definition) is 0. The molecule has 0 amide bonds. The summed E-state index contributed by atoms with van der Waals surface area (Å²) in [5.74, 6) is 0.832. The van der Waals surface area contributed by atoms with Crippen molar-refractivity contribution in [2.75, 3.05) is 7.11 Å². The lowest BCUT2D eigenvalue weighted by atomic mass is 10.1. The molecule has 1 aromatic rings. The molecule has 5 heteroatoms. The van der Waals surface area contributed by atoms with Crippen LogP contribution in [0.1, 0.15) is 67.2 Å². The third-order valence-corrected chi connectivity index (χ3v) is 4.56. The molecular formula is C16H22N2O3. The van der Waals surface area contributed by atoms with Crippen LogP contribution in [0.4, 0.5) is 0 Å². The van der Waals surface area contributed by atoms with Crippen LogP contribution in [0.25, 0.3) is 0 Å². The van der Waals surface area contributed by atoms with E-state index < -0.39 is 0 Å². The fourth-order valence-corrected chi connectivity index (χ4v) is 3.36. The first-order valence-corrected chi connectivity index (χ1v) is 7.84. The van der Waals surface area contributed by atoms with Crippen LogP contribution in [0.15, 0.2) is 12.3 Å². The zero-order chi connectivity index (χ0) is 14.7. The third-order valence-electron chi connectivity index (χ3n) is 4.56. The first-order valence-electron chi connectivity index (χ1n) is 7.84. The van der Waals surface area contributed by atoms with Crippen LogP contribution in [-0.2, 0) is 9.47 Å². The van der Waals surface area contributed by atoms with Gasteiger partial charge in [0.2, 0.25) is 0 Å². The van der Waals surface area contributed by atoms with Gasteiger partial charge >= 0.3 is 5.97 Å². The number of esters is 1. The highest BCUT2D eigenvalue weighted by Gasteiger charge is 2.31. The molecule has 0 saturated heterocycles. The standard InChI is InChI=1S/C16H22N2O3/c1-20-13-7-4-8-14(13)21-16(19)12-9-10-17-15(18-12)11-5-2-3-6-11/h9-11,13-14H,2-8H2,1H3. The van der Waals surface area contributed by atoms with Crippen molar-refractivity contribution >= 4 is 5.97 Å². The molecule has 3 rings (SSSR count). The predicted molar refractivity (Wildman–Crippen MR) is 77.1 cm³/mol. The van der Waals surface area contributed by atoms with E-state index in [4.69, 9.17) is 9.47 Å². The molecule has 2 atom stereocenters. The van der Waals surface area contributed by atoms with E-state index in [2.05, 4.69) is 9.97 Å². The van der Waals surface area contributed by atoms with E-state index in [0.717, 1.165) is 37.9 Å². The summed E-state index contributed by atoms with van der Waals surface area (Å²) in [6.45, 7) is 0. The Morgan fingerprint density at radius 3 is 2.67 bits per heavy atom. The van der Waals surface area contributed by atoms with Crippen LogP contribution in [-0.4, -0.2) is 35.3 Å². The summed E-state index contributed by atoms with van der Waals surface area (Å²) in [5.41, 5.74) is 0.369. The molecule has 1 aromatic heterocycles. The Hall–Kier alpha value is -1.49. The average molecular weight is 290 g/mol. The molecule has 2 saturated carbocycles. The normalized spacial score (nSPS) is 26.1. The zero-order valence-electron chi connectivity index (χ0n) is 12.5. The van der Waals surface area contributed by atoms with Crippen molar-refractivity contribution in [3.63, 3.8) is 0 Å². The molecular weight excluding hydrogens is 268 g/mol. The summed E-state index contributed by atoms with van der Waals surface area (Å²) in [6.07, 6.45) is 9.07. The topological polar surface area (TPSA) is 61.3 Å². The van der Waals surface area contributed by atoms with Gasteiger partial charge in [0.1, 0.15) is 11.9 Å². The largest absolute Gasteiger partial charge is 0.455 e. The number of carbonyl (C=O) groups excluding carboxylic acids is 1. The second-order valence-corrected chi connectivity index (χ2v) is 5.93. The van der Waals surface area contributed by atoms with Gasteiger partial charge in [-0.3, -0.25) is 0 Å². The molecule has 0 radical (unpaired) electrons. The first-order chi connectivity index (χ1) is 10.3. The SMILES string of the molecule is COC1CCCC1OC(=O)c1ccnc(C2CCCC2)n1. The van der Waals surface area contributed by atoms with Gasteiger partial charge in [0.05, 0.1) is 6.10 Å². The molecule has 2 fully saturated rings.